The molecule has 110 valence electrons. The van der Waals surface area contributed by atoms with Gasteiger partial charge in [-0.15, -0.1) is 0 Å². The predicted octanol–water partition coefficient (Wildman–Crippen LogP) is 3.50. The van der Waals surface area contributed by atoms with E-state index in [-0.39, 0.29) is 11.7 Å². The van der Waals surface area contributed by atoms with Crippen LogP contribution in [-0.2, 0) is 13.1 Å². The Hall–Kier alpha value is -1.72. The minimum atomic E-state index is -0.248. The average Bonchev–Trinajstić information content (AvgIpc) is 2.42. The molecule has 2 aromatic rings. The van der Waals surface area contributed by atoms with E-state index in [9.17, 15) is 4.39 Å². The first-order chi connectivity index (χ1) is 9.95. The summed E-state index contributed by atoms with van der Waals surface area (Å²) in [7, 11) is 2.00. The molecule has 0 unspecified atom stereocenters. The summed E-state index contributed by atoms with van der Waals surface area (Å²) in [6.45, 7) is 1.43. The molecule has 0 bridgehead atoms. The zero-order chi connectivity index (χ0) is 15.4. The van der Waals surface area contributed by atoms with Crippen LogP contribution in [-0.4, -0.2) is 17.8 Å². The smallest absolute Gasteiger partial charge is 0.124 e. The van der Waals surface area contributed by atoms with Crippen molar-refractivity contribution in [3.63, 3.8) is 0 Å². The van der Waals surface area contributed by atoms with E-state index in [0.29, 0.717) is 6.54 Å². The maximum atomic E-state index is 13.1. The molecule has 5 heteroatoms. The molecule has 0 fully saturated rings. The minimum absolute atomic E-state index is 0.0702. The van der Waals surface area contributed by atoms with Gasteiger partial charge in [0.2, 0.25) is 0 Å². The van der Waals surface area contributed by atoms with E-state index in [0.717, 1.165) is 27.7 Å². The van der Waals surface area contributed by atoms with Crippen LogP contribution >= 0.6 is 15.9 Å². The Kier molecular flexibility index (Phi) is 5.09. The summed E-state index contributed by atoms with van der Waals surface area (Å²) in [6.07, 6.45) is 0. The Labute approximate surface area is 132 Å². The first kappa shape index (κ1) is 15.7. The molecule has 2 rings (SSSR count). The fourth-order valence-electron chi connectivity index (χ4n) is 2.15. The molecule has 0 radical (unpaired) electrons. The van der Waals surface area contributed by atoms with E-state index in [1.807, 2.05) is 31.3 Å². The SMILES string of the molecule is CN(Cc1cccc(C(=N)N)c1)Cc1ccc(F)cc1Br. The van der Waals surface area contributed by atoms with Gasteiger partial charge in [0.1, 0.15) is 11.7 Å². The maximum absolute atomic E-state index is 13.1. The zero-order valence-corrected chi connectivity index (χ0v) is 13.3. The van der Waals surface area contributed by atoms with Gasteiger partial charge in [-0.2, -0.15) is 0 Å². The van der Waals surface area contributed by atoms with Gasteiger partial charge in [-0.1, -0.05) is 40.2 Å². The van der Waals surface area contributed by atoms with Crippen LogP contribution in [0.15, 0.2) is 46.9 Å². The van der Waals surface area contributed by atoms with Crippen molar-refractivity contribution >= 4 is 21.8 Å². The number of halogens is 2. The molecule has 3 N–H and O–H groups in total. The number of nitrogens with one attached hydrogen (secondary N) is 1. The molecule has 0 amide bonds. The molecule has 0 atom stereocenters. The van der Waals surface area contributed by atoms with Crippen LogP contribution in [0.1, 0.15) is 16.7 Å². The lowest BCUT2D eigenvalue weighted by Gasteiger charge is -2.18. The number of nitrogens with zero attached hydrogens (tertiary/aromatic N) is 1. The number of rotatable bonds is 5. The Morgan fingerprint density at radius 2 is 2.00 bits per heavy atom. The fourth-order valence-corrected chi connectivity index (χ4v) is 2.62. The standard InChI is InChI=1S/C16H17BrFN3/c1-21(10-13-5-6-14(18)8-15(13)17)9-11-3-2-4-12(7-11)16(19)20/h2-8H,9-10H2,1H3,(H3,19,20). The van der Waals surface area contributed by atoms with Crippen molar-refractivity contribution in [2.45, 2.75) is 13.1 Å². The van der Waals surface area contributed by atoms with Gasteiger partial charge in [0.05, 0.1) is 0 Å². The van der Waals surface area contributed by atoms with Gasteiger partial charge in [0, 0.05) is 23.1 Å². The second-order valence-corrected chi connectivity index (χ2v) is 5.88. The highest BCUT2D eigenvalue weighted by atomic mass is 79.9. The van der Waals surface area contributed by atoms with Gasteiger partial charge in [-0.05, 0) is 36.4 Å². The third kappa shape index (κ3) is 4.37. The highest BCUT2D eigenvalue weighted by Crippen LogP contribution is 2.20. The number of benzene rings is 2. The summed E-state index contributed by atoms with van der Waals surface area (Å²) in [4.78, 5) is 2.12. The molecule has 0 aliphatic heterocycles. The topological polar surface area (TPSA) is 53.1 Å². The quantitative estimate of drug-likeness (QED) is 0.641. The largest absolute Gasteiger partial charge is 0.384 e. The van der Waals surface area contributed by atoms with Crippen molar-refractivity contribution in [3.05, 3.63) is 69.4 Å². The molecule has 3 nitrogen and oxygen atoms in total. The van der Waals surface area contributed by atoms with E-state index in [1.165, 1.54) is 12.1 Å². The summed E-state index contributed by atoms with van der Waals surface area (Å²) >= 11 is 3.38. The third-order valence-electron chi connectivity index (χ3n) is 3.15. The summed E-state index contributed by atoms with van der Waals surface area (Å²) in [5.41, 5.74) is 8.34. The van der Waals surface area contributed by atoms with Crippen LogP contribution in [0.4, 0.5) is 4.39 Å². The van der Waals surface area contributed by atoms with Gasteiger partial charge in [0.25, 0.3) is 0 Å². The Morgan fingerprint density at radius 1 is 1.24 bits per heavy atom. The Morgan fingerprint density at radius 3 is 2.67 bits per heavy atom. The maximum Gasteiger partial charge on any atom is 0.124 e. The van der Waals surface area contributed by atoms with Crippen LogP contribution in [0.2, 0.25) is 0 Å². The number of nitrogen functional groups attached to an aromatic ring is 1. The lowest BCUT2D eigenvalue weighted by atomic mass is 10.1. The minimum Gasteiger partial charge on any atom is -0.384 e. The Balaban J connectivity index is 2.06. The lowest BCUT2D eigenvalue weighted by Crippen LogP contribution is -2.18. The van der Waals surface area contributed by atoms with Crippen molar-refractivity contribution in [2.75, 3.05) is 7.05 Å². The predicted molar refractivity (Wildman–Crippen MR) is 86.7 cm³/mol. The summed E-state index contributed by atoms with van der Waals surface area (Å²) in [5, 5.41) is 7.46. The number of amidine groups is 1. The molecule has 0 saturated carbocycles. The zero-order valence-electron chi connectivity index (χ0n) is 11.7. The first-order valence-electron chi connectivity index (χ1n) is 6.51. The fraction of sp³-hybridized carbons (Fsp3) is 0.188. The van der Waals surface area contributed by atoms with Gasteiger partial charge >= 0.3 is 0 Å². The normalized spacial score (nSPS) is 10.9. The molecule has 0 aromatic heterocycles. The molecule has 2 aromatic carbocycles. The van der Waals surface area contributed by atoms with Gasteiger partial charge in [-0.3, -0.25) is 10.3 Å². The molecule has 0 spiro atoms. The van der Waals surface area contributed by atoms with Crippen molar-refractivity contribution in [2.24, 2.45) is 5.73 Å². The van der Waals surface area contributed by atoms with Gasteiger partial charge in [-0.25, -0.2) is 4.39 Å². The molecule has 0 saturated heterocycles. The average molecular weight is 350 g/mol. The second-order valence-electron chi connectivity index (χ2n) is 5.02. The van der Waals surface area contributed by atoms with Crippen LogP contribution in [0, 0.1) is 11.2 Å². The van der Waals surface area contributed by atoms with E-state index in [1.54, 1.807) is 6.07 Å². The van der Waals surface area contributed by atoms with Gasteiger partial charge in [0.15, 0.2) is 0 Å². The van der Waals surface area contributed by atoms with Crippen LogP contribution in [0.5, 0.6) is 0 Å². The number of hydrogen-bond donors (Lipinski definition) is 2. The van der Waals surface area contributed by atoms with Gasteiger partial charge < -0.3 is 5.73 Å². The van der Waals surface area contributed by atoms with E-state index in [4.69, 9.17) is 11.1 Å². The molecular weight excluding hydrogens is 333 g/mol. The molecular formula is C16H17BrFN3. The third-order valence-corrected chi connectivity index (χ3v) is 3.88. The summed E-state index contributed by atoms with van der Waals surface area (Å²) in [6, 6.07) is 12.4. The van der Waals surface area contributed by atoms with Crippen molar-refractivity contribution in [1.29, 1.82) is 5.41 Å². The molecule has 0 aliphatic rings. The second kappa shape index (κ2) is 6.83. The summed E-state index contributed by atoms with van der Waals surface area (Å²) < 4.78 is 13.8. The molecule has 0 aliphatic carbocycles. The number of hydrogen-bond acceptors (Lipinski definition) is 2. The van der Waals surface area contributed by atoms with E-state index in [2.05, 4.69) is 20.8 Å². The van der Waals surface area contributed by atoms with Crippen molar-refractivity contribution < 1.29 is 4.39 Å². The van der Waals surface area contributed by atoms with Crippen molar-refractivity contribution in [3.8, 4) is 0 Å². The van der Waals surface area contributed by atoms with E-state index < -0.39 is 0 Å². The monoisotopic (exact) mass is 349 g/mol. The Bertz CT molecular complexity index is 658. The van der Waals surface area contributed by atoms with Crippen LogP contribution < -0.4 is 5.73 Å². The molecule has 0 heterocycles. The summed E-state index contributed by atoms with van der Waals surface area (Å²) in [5.74, 6) is -0.178. The number of nitrogens with two attached hydrogens (primary N) is 1. The highest BCUT2D eigenvalue weighted by Gasteiger charge is 2.07. The first-order valence-corrected chi connectivity index (χ1v) is 7.31. The lowest BCUT2D eigenvalue weighted by molar-refractivity contribution is 0.318. The van der Waals surface area contributed by atoms with Crippen LogP contribution in [0.3, 0.4) is 0 Å². The van der Waals surface area contributed by atoms with Crippen LogP contribution in [0.25, 0.3) is 0 Å². The van der Waals surface area contributed by atoms with E-state index >= 15 is 0 Å². The highest BCUT2D eigenvalue weighted by molar-refractivity contribution is 9.10. The molecule has 21 heavy (non-hydrogen) atoms. The van der Waals surface area contributed by atoms with Crippen molar-refractivity contribution in [1.82, 2.24) is 4.90 Å².